The van der Waals surface area contributed by atoms with Crippen molar-refractivity contribution in [2.75, 3.05) is 0 Å². The van der Waals surface area contributed by atoms with Gasteiger partial charge in [-0.1, -0.05) is 100 Å². The molecule has 0 fully saturated rings. The molecular weight excluding hydrogens is 384 g/mol. The van der Waals surface area contributed by atoms with Crippen LogP contribution in [0.4, 0.5) is 0 Å². The average Bonchev–Trinajstić information content (AvgIpc) is 3.16. The van der Waals surface area contributed by atoms with E-state index in [1.165, 1.54) is 66.8 Å². The van der Waals surface area contributed by atoms with E-state index in [-0.39, 0.29) is 10.8 Å². The van der Waals surface area contributed by atoms with Crippen LogP contribution >= 0.6 is 0 Å². The number of fused-ring (bicyclic) bond motifs is 6. The Balaban J connectivity index is 1.60. The minimum Gasteiger partial charge on any atom is -0.0619 e. The molecule has 0 aliphatic heterocycles. The molecule has 158 valence electrons. The van der Waals surface area contributed by atoms with E-state index < -0.39 is 0 Å². The standard InChI is InChI=1S/C32H30/c1-19-21(17-18-28-29(19)25-12-8-10-14-27(25)31(28,3)4)22-15-16-24-23-11-7-9-13-26(23)32(5,6)30(24)20(22)2/h7-18H,1-6H3. The zero-order valence-corrected chi connectivity index (χ0v) is 19.9. The Hall–Kier alpha value is -3.12. The van der Waals surface area contributed by atoms with Crippen LogP contribution in [-0.2, 0) is 10.8 Å². The largest absolute Gasteiger partial charge is 0.0619 e. The van der Waals surface area contributed by atoms with E-state index in [4.69, 9.17) is 0 Å². The highest BCUT2D eigenvalue weighted by atomic mass is 14.4. The van der Waals surface area contributed by atoms with Crippen LogP contribution in [0.1, 0.15) is 61.1 Å². The summed E-state index contributed by atoms with van der Waals surface area (Å²) in [6, 6.07) is 27.3. The SMILES string of the molecule is Cc1c(-c2ccc3c(c2C)C(C)(C)c2ccccc2-3)ccc2c1-c1ccccc1C2(C)C. The second-order valence-corrected chi connectivity index (χ2v) is 10.7. The van der Waals surface area contributed by atoms with Crippen molar-refractivity contribution < 1.29 is 0 Å². The fourth-order valence-electron chi connectivity index (χ4n) is 6.69. The van der Waals surface area contributed by atoms with Crippen molar-refractivity contribution in [3.63, 3.8) is 0 Å². The summed E-state index contributed by atoms with van der Waals surface area (Å²) in [6.45, 7) is 14.1. The Labute approximate surface area is 192 Å². The number of hydrogen-bond acceptors (Lipinski definition) is 0. The monoisotopic (exact) mass is 414 g/mol. The molecule has 0 heterocycles. The zero-order chi connectivity index (χ0) is 22.4. The van der Waals surface area contributed by atoms with Gasteiger partial charge in [0.05, 0.1) is 0 Å². The third kappa shape index (κ3) is 2.28. The van der Waals surface area contributed by atoms with Crippen LogP contribution in [0.3, 0.4) is 0 Å². The van der Waals surface area contributed by atoms with E-state index in [1.54, 1.807) is 0 Å². The summed E-state index contributed by atoms with van der Waals surface area (Å²) in [6.07, 6.45) is 0. The molecule has 0 atom stereocenters. The maximum absolute atomic E-state index is 2.38. The molecule has 0 radical (unpaired) electrons. The van der Waals surface area contributed by atoms with Crippen LogP contribution in [0.5, 0.6) is 0 Å². The van der Waals surface area contributed by atoms with Crippen LogP contribution in [0.25, 0.3) is 33.4 Å². The van der Waals surface area contributed by atoms with Gasteiger partial charge in [-0.15, -0.1) is 0 Å². The smallest absolute Gasteiger partial charge is 0.0161 e. The van der Waals surface area contributed by atoms with Crippen molar-refractivity contribution >= 4 is 0 Å². The van der Waals surface area contributed by atoms with Gasteiger partial charge in [-0.2, -0.15) is 0 Å². The van der Waals surface area contributed by atoms with Gasteiger partial charge in [0.2, 0.25) is 0 Å². The normalized spacial score (nSPS) is 16.3. The van der Waals surface area contributed by atoms with E-state index in [2.05, 4.69) is 114 Å². The molecule has 0 spiro atoms. The molecule has 2 aliphatic rings. The molecule has 0 saturated carbocycles. The van der Waals surface area contributed by atoms with Crippen LogP contribution < -0.4 is 0 Å². The molecule has 4 aromatic carbocycles. The second kappa shape index (κ2) is 6.23. The first-order chi connectivity index (χ1) is 15.2. The van der Waals surface area contributed by atoms with Gasteiger partial charge < -0.3 is 0 Å². The first kappa shape index (κ1) is 19.6. The summed E-state index contributed by atoms with van der Waals surface area (Å²) in [5.41, 5.74) is 17.1. The van der Waals surface area contributed by atoms with E-state index in [0.29, 0.717) is 0 Å². The van der Waals surface area contributed by atoms with Crippen molar-refractivity contribution in [2.45, 2.75) is 52.4 Å². The lowest BCUT2D eigenvalue weighted by Crippen LogP contribution is -2.17. The summed E-state index contributed by atoms with van der Waals surface area (Å²) in [7, 11) is 0. The van der Waals surface area contributed by atoms with Crippen molar-refractivity contribution in [2.24, 2.45) is 0 Å². The highest BCUT2D eigenvalue weighted by molar-refractivity contribution is 5.91. The first-order valence-electron chi connectivity index (χ1n) is 11.7. The lowest BCUT2D eigenvalue weighted by Gasteiger charge is -2.26. The average molecular weight is 415 g/mol. The molecule has 2 aliphatic carbocycles. The van der Waals surface area contributed by atoms with Gasteiger partial charge in [0.25, 0.3) is 0 Å². The number of hydrogen-bond donors (Lipinski definition) is 0. The minimum absolute atomic E-state index is 0.0191. The quantitative estimate of drug-likeness (QED) is 0.292. The lowest BCUT2D eigenvalue weighted by atomic mass is 9.77. The van der Waals surface area contributed by atoms with Crippen molar-refractivity contribution in [3.8, 4) is 33.4 Å². The topological polar surface area (TPSA) is 0 Å². The number of benzene rings is 4. The first-order valence-corrected chi connectivity index (χ1v) is 11.7. The Kier molecular flexibility index (Phi) is 3.81. The van der Waals surface area contributed by atoms with Gasteiger partial charge in [-0.3, -0.25) is 0 Å². The maximum atomic E-state index is 2.38. The summed E-state index contributed by atoms with van der Waals surface area (Å²) in [5.74, 6) is 0. The van der Waals surface area contributed by atoms with Crippen molar-refractivity contribution in [1.82, 2.24) is 0 Å². The van der Waals surface area contributed by atoms with Gasteiger partial charge in [0.15, 0.2) is 0 Å². The molecule has 32 heavy (non-hydrogen) atoms. The minimum atomic E-state index is 0.0191. The molecule has 0 saturated heterocycles. The Bertz CT molecular complexity index is 1430. The molecule has 4 aromatic rings. The van der Waals surface area contributed by atoms with Gasteiger partial charge in [0, 0.05) is 10.8 Å². The Morgan fingerprint density at radius 2 is 0.969 bits per heavy atom. The fraction of sp³-hybridized carbons (Fsp3) is 0.250. The van der Waals surface area contributed by atoms with Crippen LogP contribution in [0, 0.1) is 13.8 Å². The molecule has 0 amide bonds. The van der Waals surface area contributed by atoms with Crippen molar-refractivity contribution in [1.29, 1.82) is 0 Å². The highest BCUT2D eigenvalue weighted by Gasteiger charge is 2.39. The molecule has 0 N–H and O–H groups in total. The fourth-order valence-corrected chi connectivity index (χ4v) is 6.69. The van der Waals surface area contributed by atoms with Crippen LogP contribution in [0.15, 0.2) is 72.8 Å². The Morgan fingerprint density at radius 3 is 1.69 bits per heavy atom. The molecule has 0 nitrogen and oxygen atoms in total. The van der Waals surface area contributed by atoms with E-state index in [1.807, 2.05) is 0 Å². The third-order valence-corrected chi connectivity index (χ3v) is 8.28. The molecule has 0 aromatic heterocycles. The van der Waals surface area contributed by atoms with Crippen molar-refractivity contribution in [3.05, 3.63) is 106 Å². The maximum Gasteiger partial charge on any atom is 0.0161 e. The van der Waals surface area contributed by atoms with E-state index >= 15 is 0 Å². The summed E-state index contributed by atoms with van der Waals surface area (Å²) in [5, 5.41) is 0. The summed E-state index contributed by atoms with van der Waals surface area (Å²) >= 11 is 0. The van der Waals surface area contributed by atoms with Gasteiger partial charge in [-0.05, 0) is 80.6 Å². The number of rotatable bonds is 1. The second-order valence-electron chi connectivity index (χ2n) is 10.7. The highest BCUT2D eigenvalue weighted by Crippen LogP contribution is 2.54. The molecular formula is C32H30. The van der Waals surface area contributed by atoms with Gasteiger partial charge in [-0.25, -0.2) is 0 Å². The van der Waals surface area contributed by atoms with Gasteiger partial charge in [0.1, 0.15) is 0 Å². The predicted octanol–water partition coefficient (Wildman–Crippen LogP) is 8.58. The third-order valence-electron chi connectivity index (χ3n) is 8.28. The molecule has 0 heteroatoms. The molecule has 0 bridgehead atoms. The predicted molar refractivity (Wildman–Crippen MR) is 136 cm³/mol. The molecule has 0 unspecified atom stereocenters. The lowest BCUT2D eigenvalue weighted by molar-refractivity contribution is 0.656. The zero-order valence-electron chi connectivity index (χ0n) is 19.9. The Morgan fingerprint density at radius 1 is 0.438 bits per heavy atom. The molecule has 6 rings (SSSR count). The summed E-state index contributed by atoms with van der Waals surface area (Å²) in [4.78, 5) is 0. The van der Waals surface area contributed by atoms with Crippen LogP contribution in [-0.4, -0.2) is 0 Å². The van der Waals surface area contributed by atoms with E-state index in [9.17, 15) is 0 Å². The van der Waals surface area contributed by atoms with Crippen LogP contribution in [0.2, 0.25) is 0 Å². The van der Waals surface area contributed by atoms with E-state index in [0.717, 1.165) is 0 Å². The summed E-state index contributed by atoms with van der Waals surface area (Å²) < 4.78 is 0. The van der Waals surface area contributed by atoms with Gasteiger partial charge >= 0.3 is 0 Å².